The Morgan fingerprint density at radius 1 is 1.42 bits per heavy atom. The molecule has 1 aliphatic carbocycles. The molecular formula is C14H18ClN3S. The van der Waals surface area contributed by atoms with Crippen molar-refractivity contribution in [1.29, 1.82) is 0 Å². The molecule has 2 aromatic rings. The van der Waals surface area contributed by atoms with Crippen molar-refractivity contribution in [3.8, 4) is 0 Å². The van der Waals surface area contributed by atoms with E-state index in [0.29, 0.717) is 11.3 Å². The Hall–Kier alpha value is -0.870. The molecule has 0 saturated heterocycles. The zero-order chi connectivity index (χ0) is 13.4. The molecule has 1 saturated carbocycles. The quantitative estimate of drug-likeness (QED) is 0.765. The number of unbranched alkanes of at least 4 members (excludes halogenated alkanes) is 1. The van der Waals surface area contributed by atoms with E-state index >= 15 is 0 Å². The van der Waals surface area contributed by atoms with Gasteiger partial charge in [0.1, 0.15) is 10.6 Å². The van der Waals surface area contributed by atoms with Gasteiger partial charge in [-0.1, -0.05) is 13.3 Å². The van der Waals surface area contributed by atoms with Crippen LogP contribution in [-0.2, 0) is 0 Å². The van der Waals surface area contributed by atoms with Crippen LogP contribution in [0.5, 0.6) is 0 Å². The average Bonchev–Trinajstić information content (AvgIpc) is 3.12. The van der Waals surface area contributed by atoms with E-state index in [1.807, 2.05) is 0 Å². The van der Waals surface area contributed by atoms with E-state index in [4.69, 9.17) is 11.6 Å². The van der Waals surface area contributed by atoms with Gasteiger partial charge in [0.2, 0.25) is 5.28 Å². The van der Waals surface area contributed by atoms with Gasteiger partial charge in [-0.05, 0) is 43.9 Å². The first-order chi connectivity index (χ1) is 9.19. The van der Waals surface area contributed by atoms with E-state index < -0.39 is 0 Å². The van der Waals surface area contributed by atoms with Crippen LogP contribution in [0.3, 0.4) is 0 Å². The lowest BCUT2D eigenvalue weighted by Crippen LogP contribution is -2.28. The van der Waals surface area contributed by atoms with Crippen molar-refractivity contribution in [1.82, 2.24) is 9.97 Å². The fourth-order valence-corrected chi connectivity index (χ4v) is 3.49. The van der Waals surface area contributed by atoms with Gasteiger partial charge in [-0.15, -0.1) is 11.3 Å². The summed E-state index contributed by atoms with van der Waals surface area (Å²) in [5.41, 5.74) is 0. The van der Waals surface area contributed by atoms with Gasteiger partial charge in [-0.3, -0.25) is 0 Å². The molecule has 3 nitrogen and oxygen atoms in total. The summed E-state index contributed by atoms with van der Waals surface area (Å²) in [5, 5.41) is 1.53. The van der Waals surface area contributed by atoms with Crippen LogP contribution in [0.2, 0.25) is 5.28 Å². The number of halogens is 1. The molecule has 5 heteroatoms. The van der Waals surface area contributed by atoms with Crippen LogP contribution >= 0.6 is 22.9 Å². The van der Waals surface area contributed by atoms with E-state index in [9.17, 15) is 0 Å². The predicted molar refractivity (Wildman–Crippen MR) is 82.4 cm³/mol. The second-order valence-corrected chi connectivity index (χ2v) is 6.74. The highest BCUT2D eigenvalue weighted by Gasteiger charge is 2.31. The molecule has 1 aliphatic rings. The van der Waals surface area contributed by atoms with E-state index in [1.54, 1.807) is 11.3 Å². The van der Waals surface area contributed by atoms with Crippen LogP contribution < -0.4 is 4.90 Å². The number of fused-ring (bicyclic) bond motifs is 1. The summed E-state index contributed by atoms with van der Waals surface area (Å²) in [5.74, 6) is 1.04. The van der Waals surface area contributed by atoms with Gasteiger partial charge in [0.25, 0.3) is 0 Å². The van der Waals surface area contributed by atoms with Crippen LogP contribution in [0.4, 0.5) is 5.82 Å². The molecule has 0 amide bonds. The second kappa shape index (κ2) is 5.25. The van der Waals surface area contributed by atoms with Crippen molar-refractivity contribution in [2.24, 2.45) is 0 Å². The summed E-state index contributed by atoms with van der Waals surface area (Å²) >= 11 is 7.79. The molecule has 2 heterocycles. The maximum Gasteiger partial charge on any atom is 0.225 e. The highest BCUT2D eigenvalue weighted by atomic mass is 35.5. The number of hydrogen-bond donors (Lipinski definition) is 0. The highest BCUT2D eigenvalue weighted by Crippen LogP contribution is 2.37. The molecule has 0 radical (unpaired) electrons. The number of aromatic nitrogens is 2. The number of aryl methyl sites for hydroxylation is 1. The lowest BCUT2D eigenvalue weighted by molar-refractivity contribution is 0.706. The van der Waals surface area contributed by atoms with Crippen molar-refractivity contribution >= 4 is 39.0 Å². The zero-order valence-corrected chi connectivity index (χ0v) is 12.9. The van der Waals surface area contributed by atoms with Gasteiger partial charge < -0.3 is 4.90 Å². The van der Waals surface area contributed by atoms with E-state index in [0.717, 1.165) is 22.6 Å². The maximum atomic E-state index is 6.09. The monoisotopic (exact) mass is 295 g/mol. The molecule has 1 fully saturated rings. The smallest absolute Gasteiger partial charge is 0.225 e. The Morgan fingerprint density at radius 3 is 2.89 bits per heavy atom. The maximum absolute atomic E-state index is 6.09. The molecule has 19 heavy (non-hydrogen) atoms. The topological polar surface area (TPSA) is 29.0 Å². The van der Waals surface area contributed by atoms with Crippen molar-refractivity contribution < 1.29 is 0 Å². The number of anilines is 1. The molecule has 102 valence electrons. The summed E-state index contributed by atoms with van der Waals surface area (Å²) in [6, 6.07) is 2.84. The van der Waals surface area contributed by atoms with Crippen LogP contribution in [-0.4, -0.2) is 22.6 Å². The minimum Gasteiger partial charge on any atom is -0.353 e. The molecule has 0 spiro atoms. The summed E-state index contributed by atoms with van der Waals surface area (Å²) in [4.78, 5) is 13.6. The van der Waals surface area contributed by atoms with Crippen molar-refractivity contribution in [2.75, 3.05) is 11.4 Å². The molecule has 3 rings (SSSR count). The summed E-state index contributed by atoms with van der Waals surface area (Å²) < 4.78 is 0. The van der Waals surface area contributed by atoms with E-state index in [2.05, 4.69) is 34.8 Å². The molecule has 0 bridgehead atoms. The third-order valence-electron chi connectivity index (χ3n) is 3.48. The zero-order valence-electron chi connectivity index (χ0n) is 11.3. The molecular weight excluding hydrogens is 278 g/mol. The Morgan fingerprint density at radius 2 is 2.21 bits per heavy atom. The summed E-state index contributed by atoms with van der Waals surface area (Å²) in [6.45, 7) is 5.40. The first-order valence-corrected chi connectivity index (χ1v) is 8.09. The Labute approximate surface area is 122 Å². The van der Waals surface area contributed by atoms with Crippen LogP contribution in [0.15, 0.2) is 6.07 Å². The number of rotatable bonds is 5. The normalized spacial score (nSPS) is 15.1. The highest BCUT2D eigenvalue weighted by molar-refractivity contribution is 7.18. The molecule has 0 unspecified atom stereocenters. The predicted octanol–water partition coefficient (Wildman–Crippen LogP) is 4.42. The molecule has 0 aliphatic heterocycles. The second-order valence-electron chi connectivity index (χ2n) is 5.17. The third-order valence-corrected chi connectivity index (χ3v) is 4.59. The minimum absolute atomic E-state index is 0.367. The van der Waals surface area contributed by atoms with Crippen LogP contribution in [0.1, 0.15) is 37.5 Å². The summed E-state index contributed by atoms with van der Waals surface area (Å²) in [6.07, 6.45) is 4.95. The fraction of sp³-hybridized carbons (Fsp3) is 0.571. The van der Waals surface area contributed by atoms with Crippen LogP contribution in [0, 0.1) is 6.92 Å². The van der Waals surface area contributed by atoms with Gasteiger partial charge in [-0.2, -0.15) is 4.98 Å². The SMILES string of the molecule is CCCCN(c1nc(Cl)nc2sc(C)cc12)C1CC1. The number of hydrogen-bond acceptors (Lipinski definition) is 4. The summed E-state index contributed by atoms with van der Waals surface area (Å²) in [7, 11) is 0. The lowest BCUT2D eigenvalue weighted by atomic mass is 10.2. The first-order valence-electron chi connectivity index (χ1n) is 6.89. The third kappa shape index (κ3) is 2.70. The number of nitrogens with zero attached hydrogens (tertiary/aromatic N) is 3. The van der Waals surface area contributed by atoms with Gasteiger partial charge in [0.05, 0.1) is 5.39 Å². The van der Waals surface area contributed by atoms with E-state index in [1.165, 1.54) is 30.6 Å². The molecule has 2 aromatic heterocycles. The van der Waals surface area contributed by atoms with Crippen molar-refractivity contribution in [3.05, 3.63) is 16.2 Å². The molecule has 0 N–H and O–H groups in total. The Balaban J connectivity index is 2.05. The number of thiophene rings is 1. The first kappa shape index (κ1) is 13.1. The largest absolute Gasteiger partial charge is 0.353 e. The van der Waals surface area contributed by atoms with Crippen molar-refractivity contribution in [2.45, 2.75) is 45.6 Å². The fourth-order valence-electron chi connectivity index (χ4n) is 2.40. The lowest BCUT2D eigenvalue weighted by Gasteiger charge is -2.24. The Kier molecular flexibility index (Phi) is 3.63. The molecule has 0 atom stereocenters. The minimum atomic E-state index is 0.367. The van der Waals surface area contributed by atoms with Crippen molar-refractivity contribution in [3.63, 3.8) is 0 Å². The Bertz CT molecular complexity index is 592. The van der Waals surface area contributed by atoms with Gasteiger partial charge in [0, 0.05) is 17.5 Å². The average molecular weight is 296 g/mol. The van der Waals surface area contributed by atoms with Gasteiger partial charge in [0.15, 0.2) is 0 Å². The standard InChI is InChI=1S/C14H18ClN3S/c1-3-4-7-18(10-5-6-10)12-11-8-9(2)19-13(11)17-14(15)16-12/h8,10H,3-7H2,1-2H3. The van der Waals surface area contributed by atoms with Crippen LogP contribution in [0.25, 0.3) is 10.2 Å². The van der Waals surface area contributed by atoms with E-state index in [-0.39, 0.29) is 0 Å². The van der Waals surface area contributed by atoms with Gasteiger partial charge >= 0.3 is 0 Å². The van der Waals surface area contributed by atoms with Gasteiger partial charge in [-0.25, -0.2) is 4.98 Å². The molecule has 0 aromatic carbocycles.